The van der Waals surface area contributed by atoms with Gasteiger partial charge in [0.05, 0.1) is 7.11 Å². The molecule has 0 amide bonds. The van der Waals surface area contributed by atoms with Crippen molar-refractivity contribution in [2.24, 2.45) is 11.8 Å². The van der Waals surface area contributed by atoms with Crippen molar-refractivity contribution in [2.75, 3.05) is 7.11 Å². The second kappa shape index (κ2) is 6.17. The summed E-state index contributed by atoms with van der Waals surface area (Å²) in [5, 5.41) is 3.84. The number of para-hydroxylation sites is 1. The molecule has 0 bridgehead atoms. The number of benzene rings is 1. The Morgan fingerprint density at radius 1 is 1.10 bits per heavy atom. The lowest BCUT2D eigenvalue weighted by molar-refractivity contribution is 0.248. The summed E-state index contributed by atoms with van der Waals surface area (Å²) >= 11 is 0. The summed E-state index contributed by atoms with van der Waals surface area (Å²) in [4.78, 5) is 0. The van der Waals surface area contributed by atoms with E-state index < -0.39 is 0 Å². The molecule has 110 valence electrons. The van der Waals surface area contributed by atoms with Crippen molar-refractivity contribution >= 4 is 0 Å². The molecule has 2 saturated carbocycles. The van der Waals surface area contributed by atoms with Gasteiger partial charge >= 0.3 is 0 Å². The van der Waals surface area contributed by atoms with Crippen LogP contribution < -0.4 is 10.1 Å². The third-order valence-electron chi connectivity index (χ3n) is 5.09. The summed E-state index contributed by atoms with van der Waals surface area (Å²) < 4.78 is 5.48. The van der Waals surface area contributed by atoms with Crippen molar-refractivity contribution in [2.45, 2.75) is 57.5 Å². The third-order valence-corrected chi connectivity index (χ3v) is 5.09. The minimum absolute atomic E-state index is 0.370. The van der Waals surface area contributed by atoms with Crippen LogP contribution >= 0.6 is 0 Å². The fourth-order valence-corrected chi connectivity index (χ4v) is 3.84. The van der Waals surface area contributed by atoms with Gasteiger partial charge in [-0.1, -0.05) is 31.0 Å². The van der Waals surface area contributed by atoms with E-state index in [2.05, 4.69) is 30.4 Å². The van der Waals surface area contributed by atoms with E-state index >= 15 is 0 Å². The van der Waals surface area contributed by atoms with E-state index in [0.29, 0.717) is 12.1 Å². The van der Waals surface area contributed by atoms with Crippen LogP contribution in [-0.2, 0) is 0 Å². The topological polar surface area (TPSA) is 21.3 Å². The molecule has 20 heavy (non-hydrogen) atoms. The largest absolute Gasteiger partial charge is 0.496 e. The Labute approximate surface area is 122 Å². The van der Waals surface area contributed by atoms with Crippen molar-refractivity contribution in [3.05, 3.63) is 29.8 Å². The molecule has 3 rings (SSSR count). The monoisotopic (exact) mass is 273 g/mol. The lowest BCUT2D eigenvalue weighted by Gasteiger charge is -2.32. The van der Waals surface area contributed by atoms with E-state index in [1.807, 2.05) is 6.07 Å². The van der Waals surface area contributed by atoms with Gasteiger partial charge in [0.25, 0.3) is 0 Å². The van der Waals surface area contributed by atoms with E-state index in [1.165, 1.54) is 44.1 Å². The van der Waals surface area contributed by atoms with E-state index in [0.717, 1.165) is 17.6 Å². The number of nitrogens with one attached hydrogen (secondary N) is 1. The zero-order valence-corrected chi connectivity index (χ0v) is 12.8. The summed E-state index contributed by atoms with van der Waals surface area (Å²) in [5.74, 6) is 3.05. The number of rotatable bonds is 5. The molecule has 1 N–H and O–H groups in total. The van der Waals surface area contributed by atoms with Crippen LogP contribution in [0.25, 0.3) is 0 Å². The predicted molar refractivity (Wildman–Crippen MR) is 83.0 cm³/mol. The van der Waals surface area contributed by atoms with Crippen LogP contribution in [0.4, 0.5) is 0 Å². The van der Waals surface area contributed by atoms with Gasteiger partial charge in [-0.05, 0) is 50.5 Å². The number of methoxy groups -OCH3 is 1. The van der Waals surface area contributed by atoms with Crippen LogP contribution in [0, 0.1) is 11.8 Å². The summed E-state index contributed by atoms with van der Waals surface area (Å²) in [6, 6.07) is 9.44. The first-order chi connectivity index (χ1) is 9.78. The first-order valence-corrected chi connectivity index (χ1v) is 8.17. The normalized spacial score (nSPS) is 28.1. The van der Waals surface area contributed by atoms with E-state index in [4.69, 9.17) is 4.74 Å². The van der Waals surface area contributed by atoms with Gasteiger partial charge in [-0.2, -0.15) is 0 Å². The molecule has 2 aliphatic rings. The molecule has 2 aliphatic carbocycles. The quantitative estimate of drug-likeness (QED) is 0.863. The van der Waals surface area contributed by atoms with Gasteiger partial charge < -0.3 is 10.1 Å². The zero-order valence-electron chi connectivity index (χ0n) is 12.8. The first-order valence-electron chi connectivity index (χ1n) is 8.17. The highest BCUT2D eigenvalue weighted by molar-refractivity contribution is 5.35. The second-order valence-electron chi connectivity index (χ2n) is 6.59. The van der Waals surface area contributed by atoms with Gasteiger partial charge in [-0.3, -0.25) is 0 Å². The molecule has 2 heteroatoms. The molecule has 0 radical (unpaired) electrons. The Bertz CT molecular complexity index is 441. The molecule has 0 aliphatic heterocycles. The van der Waals surface area contributed by atoms with Crippen LogP contribution in [0.2, 0.25) is 0 Å². The minimum Gasteiger partial charge on any atom is -0.496 e. The third kappa shape index (κ3) is 3.17. The molecule has 2 fully saturated rings. The van der Waals surface area contributed by atoms with E-state index in [1.54, 1.807) is 7.11 Å². The average Bonchev–Trinajstić information content (AvgIpc) is 3.32. The van der Waals surface area contributed by atoms with Crippen LogP contribution in [0.1, 0.15) is 57.1 Å². The highest BCUT2D eigenvalue weighted by Crippen LogP contribution is 2.44. The Morgan fingerprint density at radius 3 is 2.65 bits per heavy atom. The SMILES string of the molecule is COc1ccccc1[C@@H](C)NC1CCCC(C2CC2)C1. The molecule has 0 spiro atoms. The maximum Gasteiger partial charge on any atom is 0.123 e. The number of ether oxygens (including phenoxy) is 1. The van der Waals surface area contributed by atoms with Gasteiger partial charge in [0.15, 0.2) is 0 Å². The standard InChI is InChI=1S/C18H27NO/c1-13(17-8-3-4-9-18(17)20-2)19-16-7-5-6-15(12-16)14-10-11-14/h3-4,8-9,13-16,19H,5-7,10-12H2,1-2H3/t13-,15?,16?/m1/s1. The van der Waals surface area contributed by atoms with Crippen LogP contribution in [0.3, 0.4) is 0 Å². The smallest absolute Gasteiger partial charge is 0.123 e. The molecule has 3 atom stereocenters. The molecule has 0 saturated heterocycles. The average molecular weight is 273 g/mol. The lowest BCUT2D eigenvalue weighted by atomic mass is 9.82. The fourth-order valence-electron chi connectivity index (χ4n) is 3.84. The molecule has 1 aromatic rings. The van der Waals surface area contributed by atoms with Crippen molar-refractivity contribution in [1.29, 1.82) is 0 Å². The van der Waals surface area contributed by atoms with Gasteiger partial charge in [-0.15, -0.1) is 0 Å². The van der Waals surface area contributed by atoms with Crippen molar-refractivity contribution in [3.63, 3.8) is 0 Å². The van der Waals surface area contributed by atoms with Crippen LogP contribution in [0.5, 0.6) is 5.75 Å². The summed E-state index contributed by atoms with van der Waals surface area (Å²) in [7, 11) is 1.76. The fraction of sp³-hybridized carbons (Fsp3) is 0.667. The predicted octanol–water partition coefficient (Wildman–Crippen LogP) is 4.31. The zero-order chi connectivity index (χ0) is 13.9. The Balaban J connectivity index is 1.61. The molecule has 0 aromatic heterocycles. The first kappa shape index (κ1) is 13.9. The van der Waals surface area contributed by atoms with Gasteiger partial charge in [0, 0.05) is 17.6 Å². The molecule has 0 heterocycles. The minimum atomic E-state index is 0.370. The maximum absolute atomic E-state index is 5.48. The van der Waals surface area contributed by atoms with Gasteiger partial charge in [-0.25, -0.2) is 0 Å². The Hall–Kier alpha value is -1.02. The summed E-state index contributed by atoms with van der Waals surface area (Å²) in [5.41, 5.74) is 1.28. The van der Waals surface area contributed by atoms with Crippen LogP contribution in [-0.4, -0.2) is 13.2 Å². The Kier molecular flexibility index (Phi) is 4.30. The molecule has 2 nitrogen and oxygen atoms in total. The van der Waals surface area contributed by atoms with Crippen molar-refractivity contribution < 1.29 is 4.74 Å². The second-order valence-corrected chi connectivity index (χ2v) is 6.59. The maximum atomic E-state index is 5.48. The van der Waals surface area contributed by atoms with Crippen molar-refractivity contribution in [3.8, 4) is 5.75 Å². The number of hydrogen-bond donors (Lipinski definition) is 1. The van der Waals surface area contributed by atoms with E-state index in [-0.39, 0.29) is 0 Å². The van der Waals surface area contributed by atoms with Gasteiger partial charge in [0.1, 0.15) is 5.75 Å². The van der Waals surface area contributed by atoms with E-state index in [9.17, 15) is 0 Å². The molecule has 1 aromatic carbocycles. The Morgan fingerprint density at radius 2 is 1.90 bits per heavy atom. The summed E-state index contributed by atoms with van der Waals surface area (Å²) in [6.07, 6.45) is 8.55. The lowest BCUT2D eigenvalue weighted by Crippen LogP contribution is -2.36. The van der Waals surface area contributed by atoms with Crippen molar-refractivity contribution in [1.82, 2.24) is 5.32 Å². The molecular formula is C18H27NO. The van der Waals surface area contributed by atoms with Crippen LogP contribution in [0.15, 0.2) is 24.3 Å². The number of hydrogen-bond acceptors (Lipinski definition) is 2. The highest BCUT2D eigenvalue weighted by atomic mass is 16.5. The highest BCUT2D eigenvalue weighted by Gasteiger charge is 2.34. The molecular weight excluding hydrogens is 246 g/mol. The molecule has 2 unspecified atom stereocenters. The summed E-state index contributed by atoms with van der Waals surface area (Å²) in [6.45, 7) is 2.26. The van der Waals surface area contributed by atoms with Gasteiger partial charge in [0.2, 0.25) is 0 Å².